The lowest BCUT2D eigenvalue weighted by molar-refractivity contribution is 0.0993. The van der Waals surface area contributed by atoms with Gasteiger partial charge in [0.1, 0.15) is 17.3 Å². The van der Waals surface area contributed by atoms with Crippen molar-refractivity contribution in [2.24, 2.45) is 0 Å². The maximum absolute atomic E-state index is 12.9. The van der Waals surface area contributed by atoms with Gasteiger partial charge in [0.15, 0.2) is 5.76 Å². The first kappa shape index (κ1) is 17.5. The zero-order valence-electron chi connectivity index (χ0n) is 15.1. The molecule has 7 nitrogen and oxygen atoms in total. The highest BCUT2D eigenvalue weighted by molar-refractivity contribution is 6.32. The topological polar surface area (TPSA) is 89.4 Å². The van der Waals surface area contributed by atoms with Crippen LogP contribution in [-0.2, 0) is 12.8 Å². The molecule has 2 aromatic heterocycles. The molecule has 3 aromatic rings. The van der Waals surface area contributed by atoms with Crippen LogP contribution in [0.1, 0.15) is 27.4 Å². The van der Waals surface area contributed by atoms with E-state index in [0.29, 0.717) is 22.2 Å². The van der Waals surface area contributed by atoms with Crippen molar-refractivity contribution in [2.75, 3.05) is 19.5 Å². The van der Waals surface area contributed by atoms with Crippen molar-refractivity contribution in [1.29, 1.82) is 0 Å². The highest BCUT2D eigenvalue weighted by Gasteiger charge is 2.29. The summed E-state index contributed by atoms with van der Waals surface area (Å²) in [5, 5.41) is 10.3. The minimum atomic E-state index is -0.373. The fourth-order valence-electron chi connectivity index (χ4n) is 3.40. The number of aryl methyl sites for hydroxylation is 2. The molecule has 0 atom stereocenters. The number of furan rings is 1. The number of benzene rings is 1. The second-order valence-electron chi connectivity index (χ2n) is 6.27. The summed E-state index contributed by atoms with van der Waals surface area (Å²) in [5.74, 6) is 1.57. The number of hydrogen-bond acceptors (Lipinski definition) is 5. The number of carbonyl (C=O) groups is 1. The van der Waals surface area contributed by atoms with Gasteiger partial charge < -0.3 is 19.2 Å². The summed E-state index contributed by atoms with van der Waals surface area (Å²) in [7, 11) is 3.02. The molecular formula is C19H18ClN3O4. The summed E-state index contributed by atoms with van der Waals surface area (Å²) in [6.07, 6.45) is 3.37. The number of hydrogen-bond donors (Lipinski definition) is 2. The molecule has 4 rings (SSSR count). The number of halogens is 1. The average molecular weight is 388 g/mol. The number of nitrogens with one attached hydrogen (secondary N) is 2. The predicted octanol–water partition coefficient (Wildman–Crippen LogP) is 4.00. The van der Waals surface area contributed by atoms with Gasteiger partial charge in [0.2, 0.25) is 0 Å². The molecular weight excluding hydrogens is 370 g/mol. The molecule has 0 unspecified atom stereocenters. The Hall–Kier alpha value is -2.93. The van der Waals surface area contributed by atoms with Crippen molar-refractivity contribution in [2.45, 2.75) is 19.8 Å². The van der Waals surface area contributed by atoms with E-state index < -0.39 is 0 Å². The first-order valence-electron chi connectivity index (χ1n) is 8.41. The average Bonchev–Trinajstić information content (AvgIpc) is 3.26. The molecule has 0 spiro atoms. The van der Waals surface area contributed by atoms with Crippen LogP contribution in [-0.4, -0.2) is 30.3 Å². The Morgan fingerprint density at radius 2 is 2.04 bits per heavy atom. The molecule has 1 aromatic carbocycles. The number of aromatic nitrogens is 2. The van der Waals surface area contributed by atoms with Gasteiger partial charge in [0.25, 0.3) is 5.91 Å². The van der Waals surface area contributed by atoms with E-state index in [1.165, 1.54) is 14.2 Å². The fourth-order valence-corrected chi connectivity index (χ4v) is 3.64. The highest BCUT2D eigenvalue weighted by atomic mass is 35.5. The van der Waals surface area contributed by atoms with Crippen LogP contribution in [0.5, 0.6) is 11.5 Å². The van der Waals surface area contributed by atoms with Gasteiger partial charge in [0.05, 0.1) is 36.8 Å². The van der Waals surface area contributed by atoms with Gasteiger partial charge in [-0.1, -0.05) is 11.6 Å². The van der Waals surface area contributed by atoms with E-state index >= 15 is 0 Å². The van der Waals surface area contributed by atoms with Crippen LogP contribution < -0.4 is 14.8 Å². The van der Waals surface area contributed by atoms with E-state index in [2.05, 4.69) is 15.5 Å². The first-order chi connectivity index (χ1) is 13.0. The molecule has 0 aliphatic heterocycles. The molecule has 2 heterocycles. The minimum absolute atomic E-state index is 0.261. The second-order valence-corrected chi connectivity index (χ2v) is 6.67. The number of anilines is 1. The van der Waals surface area contributed by atoms with Crippen LogP contribution in [0, 0.1) is 6.92 Å². The number of aromatic amines is 1. The largest absolute Gasteiger partial charge is 0.495 e. The van der Waals surface area contributed by atoms with Crippen LogP contribution in [0.3, 0.4) is 0 Å². The number of rotatable bonds is 4. The van der Waals surface area contributed by atoms with Crippen LogP contribution >= 0.6 is 11.6 Å². The third-order valence-electron chi connectivity index (χ3n) is 4.74. The quantitative estimate of drug-likeness (QED) is 0.706. The summed E-state index contributed by atoms with van der Waals surface area (Å²) < 4.78 is 16.4. The van der Waals surface area contributed by atoms with Crippen LogP contribution in [0.4, 0.5) is 5.69 Å². The molecule has 1 aliphatic rings. The zero-order chi connectivity index (χ0) is 19.1. The molecule has 0 saturated carbocycles. The molecule has 0 saturated heterocycles. The molecule has 0 fully saturated rings. The molecule has 0 bridgehead atoms. The Labute approximate surface area is 160 Å². The van der Waals surface area contributed by atoms with E-state index in [-0.39, 0.29) is 11.7 Å². The van der Waals surface area contributed by atoms with E-state index in [1.54, 1.807) is 12.1 Å². The van der Waals surface area contributed by atoms with Crippen LogP contribution in [0.15, 0.2) is 22.7 Å². The lowest BCUT2D eigenvalue weighted by atomic mass is 9.93. The molecule has 1 amide bonds. The van der Waals surface area contributed by atoms with E-state index in [9.17, 15) is 4.79 Å². The third kappa shape index (κ3) is 2.84. The Balaban J connectivity index is 1.69. The maximum atomic E-state index is 12.9. The second kappa shape index (κ2) is 6.66. The van der Waals surface area contributed by atoms with Gasteiger partial charge in [-0.15, -0.1) is 0 Å². The minimum Gasteiger partial charge on any atom is -0.495 e. The van der Waals surface area contributed by atoms with Crippen LogP contribution in [0.25, 0.3) is 11.3 Å². The Kier molecular flexibility index (Phi) is 4.31. The number of carbonyl (C=O) groups excluding carboxylic acids is 1. The summed E-state index contributed by atoms with van der Waals surface area (Å²) in [6.45, 7) is 1.87. The van der Waals surface area contributed by atoms with Gasteiger partial charge in [-0.25, -0.2) is 0 Å². The van der Waals surface area contributed by atoms with Gasteiger partial charge in [-0.2, -0.15) is 5.10 Å². The number of ether oxygens (including phenoxy) is 2. The van der Waals surface area contributed by atoms with Gasteiger partial charge in [0, 0.05) is 23.6 Å². The first-order valence-corrected chi connectivity index (χ1v) is 8.79. The van der Waals surface area contributed by atoms with Gasteiger partial charge in [-0.05, 0) is 25.0 Å². The molecule has 2 N–H and O–H groups in total. The number of amides is 1. The Bertz CT molecular complexity index is 1040. The molecule has 27 heavy (non-hydrogen) atoms. The SMILES string of the molecule is COc1cc(OC)c(NC(=O)c2oc3c(c2C)-c2[nH]ncc2CC3)cc1Cl. The summed E-state index contributed by atoms with van der Waals surface area (Å²) in [5.41, 5.74) is 4.16. The highest BCUT2D eigenvalue weighted by Crippen LogP contribution is 2.39. The van der Waals surface area contributed by atoms with Crippen molar-refractivity contribution in [3.63, 3.8) is 0 Å². The zero-order valence-corrected chi connectivity index (χ0v) is 15.9. The molecule has 8 heteroatoms. The number of H-pyrrole nitrogens is 1. The monoisotopic (exact) mass is 387 g/mol. The van der Waals surface area contributed by atoms with Crippen molar-refractivity contribution in [3.05, 3.63) is 46.0 Å². The number of methoxy groups -OCH3 is 2. The molecule has 140 valence electrons. The lowest BCUT2D eigenvalue weighted by Crippen LogP contribution is -2.13. The van der Waals surface area contributed by atoms with Crippen molar-refractivity contribution >= 4 is 23.2 Å². The summed E-state index contributed by atoms with van der Waals surface area (Å²) in [4.78, 5) is 12.9. The lowest BCUT2D eigenvalue weighted by Gasteiger charge is -2.12. The van der Waals surface area contributed by atoms with E-state index in [4.69, 9.17) is 25.5 Å². The Morgan fingerprint density at radius 3 is 2.78 bits per heavy atom. The Morgan fingerprint density at radius 1 is 1.26 bits per heavy atom. The normalized spacial score (nSPS) is 12.3. The summed E-state index contributed by atoms with van der Waals surface area (Å²) >= 11 is 6.18. The van der Waals surface area contributed by atoms with Crippen molar-refractivity contribution in [1.82, 2.24) is 10.2 Å². The standard InChI is InChI=1S/C19H18ClN3O4/c1-9-16-13(5-4-10-8-21-23-17(10)16)27-18(9)19(24)22-12-6-11(20)14(25-2)7-15(12)26-3/h6-8H,4-5H2,1-3H3,(H,21,23)(H,22,24). The fraction of sp³-hybridized carbons (Fsp3) is 0.263. The predicted molar refractivity (Wildman–Crippen MR) is 101 cm³/mol. The molecule has 1 aliphatic carbocycles. The molecule has 0 radical (unpaired) electrons. The van der Waals surface area contributed by atoms with Gasteiger partial charge in [-0.3, -0.25) is 9.89 Å². The van der Waals surface area contributed by atoms with Crippen molar-refractivity contribution < 1.29 is 18.7 Å². The maximum Gasteiger partial charge on any atom is 0.291 e. The van der Waals surface area contributed by atoms with E-state index in [0.717, 1.165) is 41.0 Å². The van der Waals surface area contributed by atoms with Crippen molar-refractivity contribution in [3.8, 4) is 22.8 Å². The van der Waals surface area contributed by atoms with E-state index in [1.807, 2.05) is 13.1 Å². The van der Waals surface area contributed by atoms with Crippen LogP contribution in [0.2, 0.25) is 5.02 Å². The summed E-state index contributed by atoms with van der Waals surface area (Å²) in [6, 6.07) is 3.21. The van der Waals surface area contributed by atoms with Gasteiger partial charge >= 0.3 is 0 Å². The third-order valence-corrected chi connectivity index (χ3v) is 5.03. The number of fused-ring (bicyclic) bond motifs is 3. The smallest absolute Gasteiger partial charge is 0.291 e. The number of nitrogens with zero attached hydrogens (tertiary/aromatic N) is 1.